The van der Waals surface area contributed by atoms with Gasteiger partial charge in [0.1, 0.15) is 5.82 Å². The van der Waals surface area contributed by atoms with Gasteiger partial charge in [0.05, 0.1) is 16.3 Å². The van der Waals surface area contributed by atoms with E-state index in [2.05, 4.69) is 10.4 Å². The van der Waals surface area contributed by atoms with E-state index in [4.69, 9.17) is 0 Å². The number of non-ortho nitro benzene ring substituents is 1. The molecule has 1 aromatic carbocycles. The standard InChI is InChI=1S/C12H12N4O3/c1-8-7-12(13-9(2)17)15(14-8)10-3-5-11(6-4-10)16(18)19/h3-7H,1-2H3,(H,13,17). The van der Waals surface area contributed by atoms with Crippen molar-refractivity contribution in [2.45, 2.75) is 13.8 Å². The Bertz CT molecular complexity index is 631. The molecule has 0 saturated heterocycles. The van der Waals surface area contributed by atoms with E-state index in [0.717, 1.165) is 5.69 Å². The van der Waals surface area contributed by atoms with Crippen molar-refractivity contribution in [1.29, 1.82) is 0 Å². The lowest BCUT2D eigenvalue weighted by Crippen LogP contribution is -2.10. The summed E-state index contributed by atoms with van der Waals surface area (Å²) in [5.74, 6) is 0.321. The molecule has 7 heteroatoms. The smallest absolute Gasteiger partial charge is 0.269 e. The molecule has 1 amide bonds. The molecular formula is C12H12N4O3. The Labute approximate surface area is 109 Å². The molecule has 0 spiro atoms. The number of aryl methyl sites for hydroxylation is 1. The van der Waals surface area contributed by atoms with Crippen LogP contribution >= 0.6 is 0 Å². The largest absolute Gasteiger partial charge is 0.311 e. The summed E-state index contributed by atoms with van der Waals surface area (Å²) < 4.78 is 1.53. The molecule has 0 aliphatic carbocycles. The number of amides is 1. The van der Waals surface area contributed by atoms with Gasteiger partial charge in [-0.2, -0.15) is 5.10 Å². The van der Waals surface area contributed by atoms with Crippen LogP contribution in [0.4, 0.5) is 11.5 Å². The van der Waals surface area contributed by atoms with Crippen molar-refractivity contribution < 1.29 is 9.72 Å². The van der Waals surface area contributed by atoms with Crippen molar-refractivity contribution in [2.24, 2.45) is 0 Å². The number of nitro groups is 1. The average molecular weight is 260 g/mol. The third-order valence-corrected chi connectivity index (χ3v) is 2.44. The Balaban J connectivity index is 2.40. The fourth-order valence-corrected chi connectivity index (χ4v) is 1.68. The lowest BCUT2D eigenvalue weighted by molar-refractivity contribution is -0.384. The summed E-state index contributed by atoms with van der Waals surface area (Å²) >= 11 is 0. The van der Waals surface area contributed by atoms with Crippen LogP contribution in [0.2, 0.25) is 0 Å². The summed E-state index contributed by atoms with van der Waals surface area (Å²) in [6.45, 7) is 3.20. The quantitative estimate of drug-likeness (QED) is 0.675. The zero-order valence-corrected chi connectivity index (χ0v) is 10.5. The zero-order chi connectivity index (χ0) is 14.0. The summed E-state index contributed by atoms with van der Waals surface area (Å²) in [5, 5.41) is 17.5. The zero-order valence-electron chi connectivity index (χ0n) is 10.5. The van der Waals surface area contributed by atoms with E-state index in [1.54, 1.807) is 25.1 Å². The first kappa shape index (κ1) is 12.7. The van der Waals surface area contributed by atoms with Gasteiger partial charge >= 0.3 is 0 Å². The molecule has 1 heterocycles. The van der Waals surface area contributed by atoms with E-state index >= 15 is 0 Å². The summed E-state index contributed by atoms with van der Waals surface area (Å²) in [7, 11) is 0. The third-order valence-electron chi connectivity index (χ3n) is 2.44. The number of nitro benzene ring substituents is 1. The van der Waals surface area contributed by atoms with Crippen molar-refractivity contribution in [3.8, 4) is 5.69 Å². The van der Waals surface area contributed by atoms with Crippen LogP contribution in [0.5, 0.6) is 0 Å². The first-order valence-electron chi connectivity index (χ1n) is 5.56. The van der Waals surface area contributed by atoms with Crippen molar-refractivity contribution in [2.75, 3.05) is 5.32 Å². The van der Waals surface area contributed by atoms with Crippen molar-refractivity contribution in [3.05, 3.63) is 46.1 Å². The van der Waals surface area contributed by atoms with Gasteiger partial charge in [-0.25, -0.2) is 4.68 Å². The fraction of sp³-hybridized carbons (Fsp3) is 0.167. The number of hydrogen-bond acceptors (Lipinski definition) is 4. The first-order chi connectivity index (χ1) is 8.97. The van der Waals surface area contributed by atoms with Gasteiger partial charge in [-0.15, -0.1) is 0 Å². The number of carbonyl (C=O) groups is 1. The molecule has 0 atom stereocenters. The summed E-state index contributed by atoms with van der Waals surface area (Å²) in [6.07, 6.45) is 0. The van der Waals surface area contributed by atoms with Crippen LogP contribution in [0.15, 0.2) is 30.3 Å². The molecule has 2 aromatic rings. The molecule has 19 heavy (non-hydrogen) atoms. The van der Waals surface area contributed by atoms with Gasteiger partial charge in [0.25, 0.3) is 5.69 Å². The second-order valence-electron chi connectivity index (χ2n) is 4.04. The van der Waals surface area contributed by atoms with Gasteiger partial charge in [-0.05, 0) is 19.1 Å². The lowest BCUT2D eigenvalue weighted by Gasteiger charge is -2.07. The molecule has 2 rings (SSSR count). The molecule has 0 bridgehead atoms. The number of rotatable bonds is 3. The summed E-state index contributed by atoms with van der Waals surface area (Å²) in [5.41, 5.74) is 1.39. The molecule has 98 valence electrons. The first-order valence-corrected chi connectivity index (χ1v) is 5.56. The van der Waals surface area contributed by atoms with Gasteiger partial charge in [-0.3, -0.25) is 14.9 Å². The highest BCUT2D eigenvalue weighted by Crippen LogP contribution is 2.19. The Morgan fingerprint density at radius 3 is 2.53 bits per heavy atom. The lowest BCUT2D eigenvalue weighted by atomic mass is 10.3. The monoisotopic (exact) mass is 260 g/mol. The second-order valence-corrected chi connectivity index (χ2v) is 4.04. The molecule has 0 aliphatic rings. The highest BCUT2D eigenvalue weighted by Gasteiger charge is 2.10. The van der Waals surface area contributed by atoms with E-state index < -0.39 is 4.92 Å². The summed E-state index contributed by atoms with van der Waals surface area (Å²) in [6, 6.07) is 7.67. The molecular weight excluding hydrogens is 248 g/mol. The maximum absolute atomic E-state index is 11.1. The number of benzene rings is 1. The minimum Gasteiger partial charge on any atom is -0.311 e. The van der Waals surface area contributed by atoms with Gasteiger partial charge in [-0.1, -0.05) is 0 Å². The van der Waals surface area contributed by atoms with Crippen molar-refractivity contribution in [3.63, 3.8) is 0 Å². The van der Waals surface area contributed by atoms with Crippen molar-refractivity contribution in [1.82, 2.24) is 9.78 Å². The molecule has 1 aromatic heterocycles. The van der Waals surface area contributed by atoms with Crippen molar-refractivity contribution >= 4 is 17.4 Å². The predicted molar refractivity (Wildman–Crippen MR) is 69.3 cm³/mol. The third kappa shape index (κ3) is 2.76. The topological polar surface area (TPSA) is 90.1 Å². The van der Waals surface area contributed by atoms with E-state index in [-0.39, 0.29) is 11.6 Å². The number of aromatic nitrogens is 2. The van der Waals surface area contributed by atoms with Crippen LogP contribution in [0.25, 0.3) is 5.69 Å². The molecule has 1 N–H and O–H groups in total. The Morgan fingerprint density at radius 2 is 2.00 bits per heavy atom. The molecule has 0 saturated carbocycles. The normalized spacial score (nSPS) is 10.2. The molecule has 0 unspecified atom stereocenters. The van der Waals surface area contributed by atoms with E-state index in [9.17, 15) is 14.9 Å². The summed E-state index contributed by atoms with van der Waals surface area (Å²) in [4.78, 5) is 21.2. The minimum absolute atomic E-state index is 0.00806. The fourth-order valence-electron chi connectivity index (χ4n) is 1.68. The second kappa shape index (κ2) is 4.89. The Hall–Kier alpha value is -2.70. The van der Waals surface area contributed by atoms with E-state index in [1.165, 1.54) is 23.7 Å². The Morgan fingerprint density at radius 1 is 1.37 bits per heavy atom. The number of carbonyl (C=O) groups excluding carboxylic acids is 1. The minimum atomic E-state index is -0.465. The van der Waals surface area contributed by atoms with Crippen LogP contribution in [-0.4, -0.2) is 20.6 Å². The van der Waals surface area contributed by atoms with Crippen LogP contribution < -0.4 is 5.32 Å². The average Bonchev–Trinajstić information content (AvgIpc) is 2.69. The number of hydrogen-bond donors (Lipinski definition) is 1. The van der Waals surface area contributed by atoms with Gasteiger partial charge in [0, 0.05) is 25.1 Å². The number of anilines is 1. The van der Waals surface area contributed by atoms with E-state index in [1.807, 2.05) is 0 Å². The Kier molecular flexibility index (Phi) is 3.28. The van der Waals surface area contributed by atoms with Gasteiger partial charge in [0.2, 0.25) is 5.91 Å². The van der Waals surface area contributed by atoms with Gasteiger partial charge in [0.15, 0.2) is 0 Å². The van der Waals surface area contributed by atoms with Crippen LogP contribution in [0, 0.1) is 17.0 Å². The van der Waals surface area contributed by atoms with Gasteiger partial charge < -0.3 is 5.32 Å². The highest BCUT2D eigenvalue weighted by molar-refractivity contribution is 5.88. The molecule has 0 fully saturated rings. The maximum Gasteiger partial charge on any atom is 0.269 e. The van der Waals surface area contributed by atoms with Crippen LogP contribution in [-0.2, 0) is 4.79 Å². The highest BCUT2D eigenvalue weighted by atomic mass is 16.6. The number of nitrogens with zero attached hydrogens (tertiary/aromatic N) is 3. The SMILES string of the molecule is CC(=O)Nc1cc(C)nn1-c1ccc([N+](=O)[O-])cc1. The predicted octanol–water partition coefficient (Wildman–Crippen LogP) is 2.05. The molecule has 7 nitrogen and oxygen atoms in total. The molecule has 0 radical (unpaired) electrons. The molecule has 0 aliphatic heterocycles. The maximum atomic E-state index is 11.1. The van der Waals surface area contributed by atoms with E-state index in [0.29, 0.717) is 11.5 Å². The number of nitrogens with one attached hydrogen (secondary N) is 1. The van der Waals surface area contributed by atoms with Crippen LogP contribution in [0.3, 0.4) is 0 Å². The van der Waals surface area contributed by atoms with Crippen LogP contribution in [0.1, 0.15) is 12.6 Å².